The fourth-order valence-electron chi connectivity index (χ4n) is 3.81. The largest absolute Gasteiger partial charge is 0.494 e. The van der Waals surface area contributed by atoms with E-state index >= 15 is 0 Å². The average molecular weight is 377 g/mol. The molecule has 0 saturated heterocycles. The molecule has 0 radical (unpaired) electrons. The molecule has 0 bridgehead atoms. The standard InChI is InChI=1S/C24H27NO3/c1-3-4-12-20(25-19-13-8-9-14-23(19)28-2)24-21(26)15-18(16-22(24)27)17-10-6-5-7-11-17/h5-11,13-14,18,24H,3-4,12,15-16H2,1-2H3. The number of benzene rings is 2. The summed E-state index contributed by atoms with van der Waals surface area (Å²) in [7, 11) is 1.60. The fourth-order valence-corrected chi connectivity index (χ4v) is 3.81. The highest BCUT2D eigenvalue weighted by atomic mass is 16.5. The molecule has 1 fully saturated rings. The van der Waals surface area contributed by atoms with Crippen molar-refractivity contribution in [3.8, 4) is 5.75 Å². The zero-order valence-electron chi connectivity index (χ0n) is 16.6. The van der Waals surface area contributed by atoms with Crippen molar-refractivity contribution in [2.45, 2.75) is 44.9 Å². The predicted molar refractivity (Wildman–Crippen MR) is 112 cm³/mol. The second-order valence-corrected chi connectivity index (χ2v) is 7.26. The van der Waals surface area contributed by atoms with Crippen molar-refractivity contribution in [1.82, 2.24) is 0 Å². The van der Waals surface area contributed by atoms with Crippen molar-refractivity contribution in [3.05, 3.63) is 60.2 Å². The smallest absolute Gasteiger partial charge is 0.149 e. The number of methoxy groups -OCH3 is 1. The van der Waals surface area contributed by atoms with E-state index in [9.17, 15) is 9.59 Å². The third kappa shape index (κ3) is 4.56. The number of nitrogens with zero attached hydrogens (tertiary/aromatic N) is 1. The van der Waals surface area contributed by atoms with Crippen molar-refractivity contribution in [1.29, 1.82) is 0 Å². The first-order chi connectivity index (χ1) is 13.6. The van der Waals surface area contributed by atoms with Crippen LogP contribution in [0.5, 0.6) is 5.75 Å². The lowest BCUT2D eigenvalue weighted by Gasteiger charge is -2.27. The Morgan fingerprint density at radius 1 is 1.00 bits per heavy atom. The lowest BCUT2D eigenvalue weighted by Crippen LogP contribution is -2.38. The molecule has 0 heterocycles. The van der Waals surface area contributed by atoms with E-state index in [1.807, 2.05) is 54.6 Å². The number of carbonyl (C=O) groups excluding carboxylic acids is 2. The van der Waals surface area contributed by atoms with Crippen molar-refractivity contribution in [2.24, 2.45) is 10.9 Å². The molecular formula is C24H27NO3. The zero-order valence-corrected chi connectivity index (χ0v) is 16.6. The van der Waals surface area contributed by atoms with Crippen molar-refractivity contribution in [3.63, 3.8) is 0 Å². The van der Waals surface area contributed by atoms with Gasteiger partial charge in [-0.2, -0.15) is 0 Å². The molecule has 0 atom stereocenters. The molecule has 0 unspecified atom stereocenters. The molecule has 4 heteroatoms. The van der Waals surface area contributed by atoms with Crippen LogP contribution in [0.25, 0.3) is 0 Å². The third-order valence-corrected chi connectivity index (χ3v) is 5.28. The lowest BCUT2D eigenvalue weighted by molar-refractivity contribution is -0.133. The van der Waals surface area contributed by atoms with E-state index in [0.29, 0.717) is 36.4 Å². The molecule has 1 aliphatic carbocycles. The summed E-state index contributed by atoms with van der Waals surface area (Å²) in [4.78, 5) is 30.7. The Morgan fingerprint density at radius 2 is 1.64 bits per heavy atom. The number of ether oxygens (including phenoxy) is 1. The summed E-state index contributed by atoms with van der Waals surface area (Å²) in [5.74, 6) is -0.147. The Bertz CT molecular complexity index is 839. The second kappa shape index (κ2) is 9.45. The summed E-state index contributed by atoms with van der Waals surface area (Å²) in [6.07, 6.45) is 3.29. The Morgan fingerprint density at radius 3 is 2.29 bits per heavy atom. The number of rotatable bonds is 7. The molecule has 2 aromatic rings. The number of para-hydroxylation sites is 2. The van der Waals surface area contributed by atoms with Gasteiger partial charge in [-0.05, 0) is 36.5 Å². The van der Waals surface area contributed by atoms with Crippen LogP contribution in [-0.4, -0.2) is 24.4 Å². The molecule has 0 aromatic heterocycles. The highest BCUT2D eigenvalue weighted by Gasteiger charge is 2.38. The first-order valence-electron chi connectivity index (χ1n) is 9.94. The van der Waals surface area contributed by atoms with Crippen molar-refractivity contribution in [2.75, 3.05) is 7.11 Å². The number of ketones is 2. The molecule has 4 nitrogen and oxygen atoms in total. The van der Waals surface area contributed by atoms with Crippen LogP contribution in [0.2, 0.25) is 0 Å². The van der Waals surface area contributed by atoms with Gasteiger partial charge in [0.15, 0.2) is 0 Å². The van der Waals surface area contributed by atoms with Gasteiger partial charge in [-0.1, -0.05) is 55.8 Å². The summed E-state index contributed by atoms with van der Waals surface area (Å²) in [6.45, 7) is 2.09. The Balaban J connectivity index is 1.89. The Kier molecular flexibility index (Phi) is 6.75. The number of unbranched alkanes of at least 4 members (excludes halogenated alkanes) is 1. The van der Waals surface area contributed by atoms with Crippen LogP contribution in [0.4, 0.5) is 5.69 Å². The van der Waals surface area contributed by atoms with Gasteiger partial charge in [0.2, 0.25) is 0 Å². The SMILES string of the molecule is CCCCC(=Nc1ccccc1OC)C1C(=O)CC(c2ccccc2)CC1=O. The van der Waals surface area contributed by atoms with Crippen LogP contribution in [-0.2, 0) is 9.59 Å². The highest BCUT2D eigenvalue weighted by Crippen LogP contribution is 2.35. The Hall–Kier alpha value is -2.75. The summed E-state index contributed by atoms with van der Waals surface area (Å²) >= 11 is 0. The minimum Gasteiger partial charge on any atom is -0.494 e. The number of aliphatic imine (C=N–C) groups is 1. The quantitative estimate of drug-likeness (QED) is 0.487. The topological polar surface area (TPSA) is 55.7 Å². The first-order valence-corrected chi connectivity index (χ1v) is 9.94. The molecule has 0 amide bonds. The van der Waals surface area contributed by atoms with Gasteiger partial charge >= 0.3 is 0 Å². The maximum absolute atomic E-state index is 13.0. The van der Waals surface area contributed by atoms with E-state index in [2.05, 4.69) is 6.92 Å². The molecule has 3 rings (SSSR count). The molecule has 28 heavy (non-hydrogen) atoms. The lowest BCUT2D eigenvalue weighted by atomic mass is 9.74. The molecule has 1 saturated carbocycles. The van der Waals surface area contributed by atoms with Crippen LogP contribution in [0.3, 0.4) is 0 Å². The minimum atomic E-state index is -0.726. The van der Waals surface area contributed by atoms with E-state index in [-0.39, 0.29) is 17.5 Å². The van der Waals surface area contributed by atoms with E-state index in [4.69, 9.17) is 9.73 Å². The number of carbonyl (C=O) groups is 2. The molecule has 2 aromatic carbocycles. The van der Waals surface area contributed by atoms with Gasteiger partial charge in [-0.25, -0.2) is 0 Å². The van der Waals surface area contributed by atoms with Gasteiger partial charge in [0.05, 0.1) is 7.11 Å². The molecule has 0 aliphatic heterocycles. The number of hydrogen-bond acceptors (Lipinski definition) is 4. The van der Waals surface area contributed by atoms with Gasteiger partial charge in [0.25, 0.3) is 0 Å². The number of Topliss-reactive ketones (excluding diaryl/α,β-unsaturated/α-hetero) is 2. The van der Waals surface area contributed by atoms with Crippen molar-refractivity contribution >= 4 is 23.0 Å². The summed E-state index contributed by atoms with van der Waals surface area (Å²) in [5.41, 5.74) is 2.40. The number of hydrogen-bond donors (Lipinski definition) is 0. The van der Waals surface area contributed by atoms with Crippen LogP contribution in [0.1, 0.15) is 50.5 Å². The second-order valence-electron chi connectivity index (χ2n) is 7.26. The predicted octanol–water partition coefficient (Wildman–Crippen LogP) is 5.29. The fraction of sp³-hybridized carbons (Fsp3) is 0.375. The Labute approximate surface area is 166 Å². The van der Waals surface area contributed by atoms with E-state index in [1.165, 1.54) is 0 Å². The minimum absolute atomic E-state index is 0.0187. The van der Waals surface area contributed by atoms with Crippen LogP contribution in [0.15, 0.2) is 59.6 Å². The zero-order chi connectivity index (χ0) is 19.9. The first kappa shape index (κ1) is 20.0. The average Bonchev–Trinajstić information content (AvgIpc) is 2.72. The van der Waals surface area contributed by atoms with Gasteiger partial charge < -0.3 is 4.74 Å². The van der Waals surface area contributed by atoms with Crippen LogP contribution >= 0.6 is 0 Å². The molecular weight excluding hydrogens is 350 g/mol. The van der Waals surface area contributed by atoms with E-state index in [1.54, 1.807) is 7.11 Å². The molecule has 146 valence electrons. The molecule has 0 spiro atoms. The summed E-state index contributed by atoms with van der Waals surface area (Å²) < 4.78 is 5.39. The summed E-state index contributed by atoms with van der Waals surface area (Å²) in [6, 6.07) is 17.3. The summed E-state index contributed by atoms with van der Waals surface area (Å²) in [5, 5.41) is 0. The van der Waals surface area contributed by atoms with E-state index in [0.717, 1.165) is 18.4 Å². The van der Waals surface area contributed by atoms with Gasteiger partial charge in [-0.3, -0.25) is 14.6 Å². The molecule has 0 N–H and O–H groups in total. The van der Waals surface area contributed by atoms with E-state index < -0.39 is 5.92 Å². The highest BCUT2D eigenvalue weighted by molar-refractivity contribution is 6.23. The van der Waals surface area contributed by atoms with Crippen LogP contribution < -0.4 is 4.74 Å². The van der Waals surface area contributed by atoms with Crippen LogP contribution in [0, 0.1) is 5.92 Å². The van der Waals surface area contributed by atoms with Gasteiger partial charge in [0.1, 0.15) is 28.9 Å². The maximum atomic E-state index is 13.0. The van der Waals surface area contributed by atoms with Crippen molar-refractivity contribution < 1.29 is 14.3 Å². The monoisotopic (exact) mass is 377 g/mol. The maximum Gasteiger partial charge on any atom is 0.149 e. The third-order valence-electron chi connectivity index (χ3n) is 5.28. The molecule has 1 aliphatic rings. The van der Waals surface area contributed by atoms with Gasteiger partial charge in [-0.15, -0.1) is 0 Å². The normalized spacial score (nSPS) is 20.3. The van der Waals surface area contributed by atoms with Gasteiger partial charge in [0, 0.05) is 18.6 Å².